The van der Waals surface area contributed by atoms with Gasteiger partial charge in [-0.15, -0.1) is 0 Å². The molecule has 0 radical (unpaired) electrons. The molecule has 1 fully saturated rings. The summed E-state index contributed by atoms with van der Waals surface area (Å²) in [6.07, 6.45) is -6.15. The Morgan fingerprint density at radius 2 is 1.97 bits per heavy atom. The summed E-state index contributed by atoms with van der Waals surface area (Å²) >= 11 is 3.23. The predicted molar refractivity (Wildman–Crippen MR) is 120 cm³/mol. The molecule has 0 bridgehead atoms. The maximum atomic E-state index is 14.3. The van der Waals surface area contributed by atoms with Gasteiger partial charge in [-0.25, -0.2) is 0 Å². The number of rotatable bonds is 5. The molecule has 2 aliphatic heterocycles. The maximum absolute atomic E-state index is 14.3. The number of aliphatic hydroxyl groups is 1. The molecule has 34 heavy (non-hydrogen) atoms. The third-order valence-corrected chi connectivity index (χ3v) is 6.88. The molecule has 4 atom stereocenters. The van der Waals surface area contributed by atoms with Gasteiger partial charge in [0.1, 0.15) is 11.7 Å². The first-order valence-corrected chi connectivity index (χ1v) is 11.7. The summed E-state index contributed by atoms with van der Waals surface area (Å²) in [5.74, 6) is -0.849. The molecule has 1 saturated heterocycles. The summed E-state index contributed by atoms with van der Waals surface area (Å²) in [6, 6.07) is 6.53. The van der Waals surface area contributed by atoms with Crippen LogP contribution in [0.1, 0.15) is 49.6 Å². The minimum absolute atomic E-state index is 0.0177. The Kier molecular flexibility index (Phi) is 6.54. The highest BCUT2D eigenvalue weighted by atomic mass is 79.9. The van der Waals surface area contributed by atoms with Crippen molar-refractivity contribution in [2.24, 2.45) is 11.1 Å². The van der Waals surface area contributed by atoms with Crippen LogP contribution < -0.4 is 0 Å². The number of aryl methyl sites for hydroxylation is 1. The molecule has 184 valence electrons. The SMILES string of the molecule is Cc1cc([C@@H](C(=O)N2C[C@H](O)C[C@H]2C2=NOC(c3ccc(Br)cc3)(C(F)(F)F)C2)C(C)C)on1. The molecule has 0 aliphatic carbocycles. The number of aliphatic hydroxyl groups excluding tert-OH is 1. The van der Waals surface area contributed by atoms with Gasteiger partial charge in [-0.3, -0.25) is 4.79 Å². The summed E-state index contributed by atoms with van der Waals surface area (Å²) < 4.78 is 48.8. The average Bonchev–Trinajstić information content (AvgIpc) is 3.46. The third kappa shape index (κ3) is 4.35. The summed E-state index contributed by atoms with van der Waals surface area (Å²) in [5, 5.41) is 18.0. The number of aromatic nitrogens is 1. The fourth-order valence-electron chi connectivity index (χ4n) is 4.64. The quantitative estimate of drug-likeness (QED) is 0.591. The van der Waals surface area contributed by atoms with Crippen LogP contribution in [-0.4, -0.2) is 51.6 Å². The second kappa shape index (κ2) is 8.99. The lowest BCUT2D eigenvalue weighted by atomic mass is 9.85. The van der Waals surface area contributed by atoms with Gasteiger partial charge >= 0.3 is 6.18 Å². The van der Waals surface area contributed by atoms with Gasteiger partial charge in [-0.1, -0.05) is 52.2 Å². The number of alkyl halides is 3. The number of carbonyl (C=O) groups excluding carboxylic acids is 1. The number of hydrogen-bond donors (Lipinski definition) is 1. The third-order valence-electron chi connectivity index (χ3n) is 6.35. The van der Waals surface area contributed by atoms with E-state index in [1.54, 1.807) is 13.0 Å². The fraction of sp³-hybridized carbons (Fsp3) is 0.522. The van der Waals surface area contributed by atoms with E-state index < -0.39 is 36.3 Å². The van der Waals surface area contributed by atoms with E-state index in [9.17, 15) is 23.1 Å². The Bertz CT molecular complexity index is 1090. The van der Waals surface area contributed by atoms with Crippen molar-refractivity contribution in [2.45, 2.75) is 63.5 Å². The Labute approximate surface area is 203 Å². The first-order valence-electron chi connectivity index (χ1n) is 10.9. The summed E-state index contributed by atoms with van der Waals surface area (Å²) in [7, 11) is 0. The van der Waals surface area contributed by atoms with Gasteiger partial charge in [-0.2, -0.15) is 13.2 Å². The molecule has 0 spiro atoms. The van der Waals surface area contributed by atoms with Crippen molar-refractivity contribution in [1.29, 1.82) is 0 Å². The smallest absolute Gasteiger partial charge is 0.391 e. The van der Waals surface area contributed by atoms with Crippen LogP contribution >= 0.6 is 15.9 Å². The predicted octanol–water partition coefficient (Wildman–Crippen LogP) is 4.68. The first-order chi connectivity index (χ1) is 15.9. The maximum Gasteiger partial charge on any atom is 0.435 e. The van der Waals surface area contributed by atoms with Crippen LogP contribution in [0.15, 0.2) is 44.5 Å². The zero-order valence-electron chi connectivity index (χ0n) is 18.8. The molecular formula is C23H25BrF3N3O4. The average molecular weight is 544 g/mol. The number of halogens is 4. The second-order valence-electron chi connectivity index (χ2n) is 9.17. The lowest BCUT2D eigenvalue weighted by Gasteiger charge is -2.31. The van der Waals surface area contributed by atoms with E-state index in [4.69, 9.17) is 9.36 Å². The van der Waals surface area contributed by atoms with Crippen LogP contribution in [0.2, 0.25) is 0 Å². The van der Waals surface area contributed by atoms with Crippen LogP contribution in [-0.2, 0) is 15.2 Å². The lowest BCUT2D eigenvalue weighted by molar-refractivity contribution is -0.275. The van der Waals surface area contributed by atoms with Gasteiger partial charge in [0.05, 0.1) is 23.6 Å². The molecule has 2 aromatic rings. The first kappa shape index (κ1) is 24.7. The largest absolute Gasteiger partial charge is 0.435 e. The highest BCUT2D eigenvalue weighted by molar-refractivity contribution is 9.10. The molecule has 4 rings (SSSR count). The van der Waals surface area contributed by atoms with Gasteiger partial charge in [0.15, 0.2) is 0 Å². The molecule has 11 heteroatoms. The van der Waals surface area contributed by atoms with Crippen molar-refractivity contribution in [3.63, 3.8) is 0 Å². The Balaban J connectivity index is 1.64. The van der Waals surface area contributed by atoms with E-state index in [2.05, 4.69) is 26.2 Å². The van der Waals surface area contributed by atoms with Crippen LogP contribution in [0.3, 0.4) is 0 Å². The zero-order valence-corrected chi connectivity index (χ0v) is 20.4. The molecule has 1 unspecified atom stereocenters. The van der Waals surface area contributed by atoms with E-state index in [1.165, 1.54) is 29.2 Å². The molecule has 7 nitrogen and oxygen atoms in total. The standard InChI is InChI=1S/C23H25BrF3N3O4/c1-12(2)20(19-8-13(3)28-33-19)21(32)30-11-16(31)9-18(30)17-10-22(34-29-17,23(25,26)27)14-4-6-15(24)7-5-14/h4-8,12,16,18,20,31H,9-11H2,1-3H3/t16-,18+,20+,22?/m1/s1. The summed E-state index contributed by atoms with van der Waals surface area (Å²) in [6.45, 7) is 5.41. The lowest BCUT2D eigenvalue weighted by Crippen LogP contribution is -2.47. The molecule has 3 heterocycles. The Morgan fingerprint density at radius 1 is 1.29 bits per heavy atom. The number of nitrogens with zero attached hydrogens (tertiary/aromatic N) is 3. The Hall–Kier alpha value is -2.40. The summed E-state index contributed by atoms with van der Waals surface area (Å²) in [4.78, 5) is 20.1. The van der Waals surface area contributed by atoms with Crippen molar-refractivity contribution in [2.75, 3.05) is 6.54 Å². The van der Waals surface area contributed by atoms with Crippen LogP contribution in [0.4, 0.5) is 13.2 Å². The summed E-state index contributed by atoms with van der Waals surface area (Å²) in [5.41, 5.74) is -2.06. The van der Waals surface area contributed by atoms with Crippen molar-refractivity contribution < 1.29 is 32.4 Å². The van der Waals surface area contributed by atoms with Crippen LogP contribution in [0.25, 0.3) is 0 Å². The molecule has 1 amide bonds. The van der Waals surface area contributed by atoms with Crippen molar-refractivity contribution >= 4 is 27.5 Å². The number of amides is 1. The molecule has 1 N–H and O–H groups in total. The molecule has 2 aliphatic rings. The number of β-amino-alcohol motifs (C(OH)–C–C–N with tert-alkyl or cyclic N) is 1. The molecule has 1 aromatic heterocycles. The minimum Gasteiger partial charge on any atom is -0.391 e. The number of benzene rings is 1. The highest BCUT2D eigenvalue weighted by Gasteiger charge is 2.63. The van der Waals surface area contributed by atoms with Crippen molar-refractivity contribution in [3.05, 3.63) is 51.8 Å². The molecule has 1 aromatic carbocycles. The zero-order chi connectivity index (χ0) is 24.8. The normalized spacial score (nSPS) is 26.0. The minimum atomic E-state index is -4.75. The van der Waals surface area contributed by atoms with E-state index >= 15 is 0 Å². The molecular weight excluding hydrogens is 519 g/mol. The number of oxime groups is 1. The van der Waals surface area contributed by atoms with E-state index in [0.29, 0.717) is 15.9 Å². The highest BCUT2D eigenvalue weighted by Crippen LogP contribution is 2.49. The van der Waals surface area contributed by atoms with Crippen molar-refractivity contribution in [3.8, 4) is 0 Å². The number of hydrogen-bond acceptors (Lipinski definition) is 6. The van der Waals surface area contributed by atoms with Gasteiger partial charge in [0, 0.05) is 35.5 Å². The van der Waals surface area contributed by atoms with Gasteiger partial charge in [0.25, 0.3) is 5.60 Å². The van der Waals surface area contributed by atoms with Crippen LogP contribution in [0.5, 0.6) is 0 Å². The van der Waals surface area contributed by atoms with E-state index in [1.807, 2.05) is 13.8 Å². The van der Waals surface area contributed by atoms with E-state index in [0.717, 1.165) is 0 Å². The van der Waals surface area contributed by atoms with Crippen LogP contribution in [0, 0.1) is 12.8 Å². The van der Waals surface area contributed by atoms with Gasteiger partial charge in [0.2, 0.25) is 5.91 Å². The van der Waals surface area contributed by atoms with Gasteiger partial charge in [-0.05, 0) is 25.0 Å². The van der Waals surface area contributed by atoms with Gasteiger partial charge < -0.3 is 19.4 Å². The fourth-order valence-corrected chi connectivity index (χ4v) is 4.91. The Morgan fingerprint density at radius 3 is 2.53 bits per heavy atom. The monoisotopic (exact) mass is 543 g/mol. The topological polar surface area (TPSA) is 88.2 Å². The number of carbonyl (C=O) groups is 1. The second-order valence-corrected chi connectivity index (χ2v) is 10.1. The molecule has 0 saturated carbocycles. The number of likely N-dealkylation sites (tertiary alicyclic amines) is 1. The van der Waals surface area contributed by atoms with Crippen molar-refractivity contribution in [1.82, 2.24) is 10.1 Å². The van der Waals surface area contributed by atoms with E-state index in [-0.39, 0.29) is 36.1 Å².